The van der Waals surface area contributed by atoms with E-state index in [2.05, 4.69) is 5.32 Å². The molecule has 148 valence electrons. The molecule has 28 heavy (non-hydrogen) atoms. The Kier molecular flexibility index (Phi) is 6.34. The highest BCUT2D eigenvalue weighted by Gasteiger charge is 2.30. The highest BCUT2D eigenvalue weighted by atomic mass is 19.4. The number of rotatable bonds is 6. The molecule has 2 aromatic carbocycles. The summed E-state index contributed by atoms with van der Waals surface area (Å²) in [6, 6.07) is 9.37. The van der Waals surface area contributed by atoms with Gasteiger partial charge in [-0.25, -0.2) is 0 Å². The molecule has 1 N–H and O–H groups in total. The lowest BCUT2D eigenvalue weighted by molar-refractivity contribution is -0.385. The lowest BCUT2D eigenvalue weighted by Gasteiger charge is -2.14. The molecule has 0 aliphatic rings. The molecule has 7 nitrogen and oxygen atoms in total. The number of hydrogen-bond donors (Lipinski definition) is 1. The van der Waals surface area contributed by atoms with Crippen molar-refractivity contribution in [2.75, 3.05) is 5.32 Å². The van der Waals surface area contributed by atoms with Crippen molar-refractivity contribution < 1.29 is 32.4 Å². The van der Waals surface area contributed by atoms with Crippen molar-refractivity contribution in [1.82, 2.24) is 0 Å². The molecule has 0 aliphatic heterocycles. The number of amides is 1. The van der Waals surface area contributed by atoms with Crippen molar-refractivity contribution in [2.45, 2.75) is 25.6 Å². The number of ether oxygens (including phenoxy) is 1. The lowest BCUT2D eigenvalue weighted by atomic mass is 10.1. The fraction of sp³-hybridized carbons (Fsp3) is 0.222. The Hall–Kier alpha value is -3.43. The van der Waals surface area contributed by atoms with E-state index in [1.165, 1.54) is 31.2 Å². The Morgan fingerprint density at radius 1 is 1.14 bits per heavy atom. The molecule has 0 fully saturated rings. The molecular weight excluding hydrogens is 381 g/mol. The number of nitro groups is 1. The predicted molar refractivity (Wildman–Crippen MR) is 92.4 cm³/mol. The van der Waals surface area contributed by atoms with Crippen LogP contribution in [0.4, 0.5) is 24.5 Å². The summed E-state index contributed by atoms with van der Waals surface area (Å²) >= 11 is 0. The third kappa shape index (κ3) is 5.53. The summed E-state index contributed by atoms with van der Waals surface area (Å²) in [6.45, 7) is 1.27. The zero-order chi connectivity index (χ0) is 20.9. The summed E-state index contributed by atoms with van der Waals surface area (Å²) in [5.41, 5.74) is -0.886. The van der Waals surface area contributed by atoms with Crippen molar-refractivity contribution in [3.8, 4) is 0 Å². The molecule has 1 amide bonds. The SMILES string of the molecule is CC(OC(=O)Cc1ccccc1[N+](=O)[O-])C(=O)Nc1ccc(C(F)(F)F)cc1. The molecule has 0 heterocycles. The minimum Gasteiger partial charge on any atom is -0.452 e. The molecule has 0 radical (unpaired) electrons. The maximum Gasteiger partial charge on any atom is 0.416 e. The van der Waals surface area contributed by atoms with Crippen molar-refractivity contribution >= 4 is 23.3 Å². The number of hydrogen-bond acceptors (Lipinski definition) is 5. The fourth-order valence-electron chi connectivity index (χ4n) is 2.27. The van der Waals surface area contributed by atoms with E-state index in [1.54, 1.807) is 0 Å². The minimum atomic E-state index is -4.49. The van der Waals surface area contributed by atoms with Gasteiger partial charge in [0.2, 0.25) is 0 Å². The Bertz CT molecular complexity index is 882. The molecule has 1 atom stereocenters. The number of nitrogens with zero attached hydrogens (tertiary/aromatic N) is 1. The zero-order valence-corrected chi connectivity index (χ0v) is 14.5. The largest absolute Gasteiger partial charge is 0.452 e. The molecule has 0 saturated heterocycles. The maximum absolute atomic E-state index is 12.5. The molecule has 1 unspecified atom stereocenters. The maximum atomic E-state index is 12.5. The highest BCUT2D eigenvalue weighted by Crippen LogP contribution is 2.29. The van der Waals surface area contributed by atoms with Crippen LogP contribution in [0.2, 0.25) is 0 Å². The van der Waals surface area contributed by atoms with Crippen LogP contribution in [0.15, 0.2) is 48.5 Å². The smallest absolute Gasteiger partial charge is 0.416 e. The molecular formula is C18H15F3N2O5. The summed E-state index contributed by atoms with van der Waals surface area (Å²) in [4.78, 5) is 34.3. The molecule has 0 bridgehead atoms. The molecule has 0 saturated carbocycles. The van der Waals surface area contributed by atoms with Crippen LogP contribution >= 0.6 is 0 Å². The molecule has 0 aromatic heterocycles. The second kappa shape index (κ2) is 8.51. The number of carbonyl (C=O) groups is 2. The first-order chi connectivity index (χ1) is 13.1. The molecule has 10 heteroatoms. The Morgan fingerprint density at radius 3 is 2.32 bits per heavy atom. The van der Waals surface area contributed by atoms with Crippen molar-refractivity contribution in [2.24, 2.45) is 0 Å². The standard InChI is InChI=1S/C18H15F3N2O5/c1-11(17(25)22-14-8-6-13(7-9-14)18(19,20)21)28-16(24)10-12-4-2-3-5-15(12)23(26)27/h2-9,11H,10H2,1H3,(H,22,25). The van der Waals surface area contributed by atoms with Crippen LogP contribution in [-0.4, -0.2) is 22.9 Å². The van der Waals surface area contributed by atoms with Gasteiger partial charge in [0.25, 0.3) is 11.6 Å². The second-order valence-electron chi connectivity index (χ2n) is 5.76. The summed E-state index contributed by atoms with van der Waals surface area (Å²) in [5.74, 6) is -1.61. The third-order valence-electron chi connectivity index (χ3n) is 3.68. The molecule has 0 aliphatic carbocycles. The van der Waals surface area contributed by atoms with E-state index in [-0.39, 0.29) is 16.9 Å². The van der Waals surface area contributed by atoms with Gasteiger partial charge in [-0.05, 0) is 31.2 Å². The monoisotopic (exact) mass is 396 g/mol. The van der Waals surface area contributed by atoms with E-state index >= 15 is 0 Å². The van der Waals surface area contributed by atoms with Gasteiger partial charge in [-0.3, -0.25) is 19.7 Å². The van der Waals surface area contributed by atoms with E-state index in [4.69, 9.17) is 4.74 Å². The third-order valence-corrected chi connectivity index (χ3v) is 3.68. The summed E-state index contributed by atoms with van der Waals surface area (Å²) in [6.07, 6.45) is -6.15. The number of alkyl halides is 3. The van der Waals surface area contributed by atoms with Crippen LogP contribution in [0.3, 0.4) is 0 Å². The lowest BCUT2D eigenvalue weighted by Crippen LogP contribution is -2.30. The first-order valence-electron chi connectivity index (χ1n) is 7.98. The topological polar surface area (TPSA) is 98.5 Å². The summed E-state index contributed by atoms with van der Waals surface area (Å²) < 4.78 is 42.5. The number of nitrogens with one attached hydrogen (secondary N) is 1. The molecule has 2 rings (SSSR count). The van der Waals surface area contributed by atoms with Gasteiger partial charge in [0.1, 0.15) is 0 Å². The first kappa shape index (κ1) is 20.9. The van der Waals surface area contributed by atoms with Crippen LogP contribution in [0.25, 0.3) is 0 Å². The Balaban J connectivity index is 1.95. The van der Waals surface area contributed by atoms with Crippen LogP contribution in [0.5, 0.6) is 0 Å². The van der Waals surface area contributed by atoms with Crippen molar-refractivity contribution in [3.63, 3.8) is 0 Å². The number of carbonyl (C=O) groups excluding carboxylic acids is 2. The average Bonchev–Trinajstić information content (AvgIpc) is 2.61. The van der Waals surface area contributed by atoms with E-state index in [0.717, 1.165) is 24.3 Å². The fourth-order valence-corrected chi connectivity index (χ4v) is 2.27. The second-order valence-corrected chi connectivity index (χ2v) is 5.76. The van der Waals surface area contributed by atoms with Gasteiger partial charge in [0, 0.05) is 17.3 Å². The number of esters is 1. The molecule has 0 spiro atoms. The van der Waals surface area contributed by atoms with Crippen molar-refractivity contribution in [1.29, 1.82) is 0 Å². The van der Waals surface area contributed by atoms with E-state index in [0.29, 0.717) is 0 Å². The predicted octanol–water partition coefficient (Wildman–Crippen LogP) is 3.73. The van der Waals surface area contributed by atoms with E-state index in [9.17, 15) is 32.9 Å². The number of para-hydroxylation sites is 1. The van der Waals surface area contributed by atoms with E-state index < -0.39 is 41.1 Å². The average molecular weight is 396 g/mol. The normalized spacial score (nSPS) is 12.1. The summed E-state index contributed by atoms with van der Waals surface area (Å²) in [7, 11) is 0. The van der Waals surface area contributed by atoms with Crippen LogP contribution < -0.4 is 5.32 Å². The number of anilines is 1. The van der Waals surface area contributed by atoms with Gasteiger partial charge < -0.3 is 10.1 Å². The Labute approximate surface area is 157 Å². The van der Waals surface area contributed by atoms with Gasteiger partial charge in [0.05, 0.1) is 16.9 Å². The minimum absolute atomic E-state index is 0.0968. The molecule has 2 aromatic rings. The van der Waals surface area contributed by atoms with Gasteiger partial charge in [-0.1, -0.05) is 18.2 Å². The van der Waals surface area contributed by atoms with Crippen LogP contribution in [0, 0.1) is 10.1 Å². The highest BCUT2D eigenvalue weighted by molar-refractivity contribution is 5.95. The van der Waals surface area contributed by atoms with Gasteiger partial charge in [-0.15, -0.1) is 0 Å². The van der Waals surface area contributed by atoms with E-state index in [1.807, 2.05) is 0 Å². The number of benzene rings is 2. The number of nitro benzene ring substituents is 1. The van der Waals surface area contributed by atoms with Crippen molar-refractivity contribution in [3.05, 3.63) is 69.8 Å². The number of halogens is 3. The van der Waals surface area contributed by atoms with Gasteiger partial charge >= 0.3 is 12.1 Å². The van der Waals surface area contributed by atoms with Crippen LogP contribution in [0.1, 0.15) is 18.1 Å². The quantitative estimate of drug-likeness (QED) is 0.456. The first-order valence-corrected chi connectivity index (χ1v) is 7.98. The van der Waals surface area contributed by atoms with Crippen LogP contribution in [-0.2, 0) is 26.9 Å². The zero-order valence-electron chi connectivity index (χ0n) is 14.5. The Morgan fingerprint density at radius 2 is 1.75 bits per heavy atom. The van der Waals surface area contributed by atoms with Gasteiger partial charge in [-0.2, -0.15) is 13.2 Å². The van der Waals surface area contributed by atoms with Gasteiger partial charge in [0.15, 0.2) is 6.10 Å². The summed E-state index contributed by atoms with van der Waals surface area (Å²) in [5, 5.41) is 13.3.